The summed E-state index contributed by atoms with van der Waals surface area (Å²) >= 11 is 0. The van der Waals surface area contributed by atoms with Gasteiger partial charge in [-0.25, -0.2) is 4.39 Å². The second kappa shape index (κ2) is 8.43. The summed E-state index contributed by atoms with van der Waals surface area (Å²) in [5.41, 5.74) is 0.873. The lowest BCUT2D eigenvalue weighted by Gasteiger charge is -2.13. The molecule has 0 radical (unpaired) electrons. The molecule has 1 aliphatic heterocycles. The highest BCUT2D eigenvalue weighted by Gasteiger charge is 2.34. The number of carbonyl (C=O) groups excluding carboxylic acids is 4. The number of fused-ring (bicyclic) bond motifs is 1. The van der Waals surface area contributed by atoms with Gasteiger partial charge >= 0.3 is 0 Å². The van der Waals surface area contributed by atoms with Crippen molar-refractivity contribution >= 4 is 23.6 Å². The molecule has 0 saturated heterocycles. The van der Waals surface area contributed by atoms with Crippen molar-refractivity contribution in [1.82, 2.24) is 15.5 Å². The van der Waals surface area contributed by atoms with E-state index in [9.17, 15) is 23.6 Å². The van der Waals surface area contributed by atoms with Crippen molar-refractivity contribution in [1.29, 1.82) is 0 Å². The lowest BCUT2D eigenvalue weighted by molar-refractivity contribution is -0.121. The molecule has 1 aliphatic rings. The van der Waals surface area contributed by atoms with E-state index in [1.165, 1.54) is 18.2 Å². The molecular weight excluding hydrogens is 365 g/mol. The molecule has 2 aromatic carbocycles. The summed E-state index contributed by atoms with van der Waals surface area (Å²) < 4.78 is 13.1. The Labute approximate surface area is 160 Å². The quantitative estimate of drug-likeness (QED) is 0.557. The van der Waals surface area contributed by atoms with E-state index in [0.29, 0.717) is 11.1 Å². The van der Waals surface area contributed by atoms with E-state index in [1.54, 1.807) is 24.3 Å². The van der Waals surface area contributed by atoms with Gasteiger partial charge in [0.1, 0.15) is 5.82 Å². The summed E-state index contributed by atoms with van der Waals surface area (Å²) in [7, 11) is 0. The number of halogens is 1. The Hall–Kier alpha value is -3.55. The molecule has 0 atom stereocenters. The molecule has 2 aromatic rings. The average Bonchev–Trinajstić information content (AvgIpc) is 2.94. The van der Waals surface area contributed by atoms with Crippen molar-refractivity contribution in [3.8, 4) is 0 Å². The number of hydrogen-bond donors (Lipinski definition) is 2. The van der Waals surface area contributed by atoms with Gasteiger partial charge in [0, 0.05) is 31.6 Å². The van der Waals surface area contributed by atoms with Gasteiger partial charge in [-0.2, -0.15) is 0 Å². The fourth-order valence-corrected chi connectivity index (χ4v) is 2.85. The van der Waals surface area contributed by atoms with Crippen LogP contribution in [0.3, 0.4) is 0 Å². The molecule has 7 nitrogen and oxygen atoms in total. The highest BCUT2D eigenvalue weighted by atomic mass is 19.1. The third kappa shape index (κ3) is 4.22. The molecule has 0 unspecified atom stereocenters. The number of amides is 4. The van der Waals surface area contributed by atoms with Crippen molar-refractivity contribution < 1.29 is 23.6 Å². The van der Waals surface area contributed by atoms with Gasteiger partial charge in [0.2, 0.25) is 5.91 Å². The number of imide groups is 1. The van der Waals surface area contributed by atoms with Crippen LogP contribution in [0.1, 0.15) is 37.5 Å². The number of benzene rings is 2. The van der Waals surface area contributed by atoms with Crippen LogP contribution in [0.4, 0.5) is 4.39 Å². The van der Waals surface area contributed by atoms with E-state index in [0.717, 1.165) is 11.0 Å². The maximum absolute atomic E-state index is 13.1. The first-order chi connectivity index (χ1) is 13.5. The Morgan fingerprint density at radius 3 is 2.18 bits per heavy atom. The smallest absolute Gasteiger partial charge is 0.261 e. The molecule has 1 heterocycles. The first-order valence-electron chi connectivity index (χ1n) is 8.73. The van der Waals surface area contributed by atoms with E-state index in [2.05, 4.69) is 10.6 Å². The Bertz CT molecular complexity index is 910. The van der Waals surface area contributed by atoms with Gasteiger partial charge in [0.25, 0.3) is 17.7 Å². The van der Waals surface area contributed by atoms with E-state index in [1.807, 2.05) is 0 Å². The molecule has 4 amide bonds. The zero-order chi connectivity index (χ0) is 20.1. The third-order valence-corrected chi connectivity index (χ3v) is 4.26. The Kier molecular flexibility index (Phi) is 5.78. The van der Waals surface area contributed by atoms with Crippen molar-refractivity contribution in [2.45, 2.75) is 6.42 Å². The molecule has 8 heteroatoms. The Morgan fingerprint density at radius 2 is 1.54 bits per heavy atom. The molecule has 28 heavy (non-hydrogen) atoms. The van der Waals surface area contributed by atoms with Crippen LogP contribution in [0.2, 0.25) is 0 Å². The van der Waals surface area contributed by atoms with Gasteiger partial charge in [-0.15, -0.1) is 0 Å². The molecule has 0 fully saturated rings. The molecule has 0 aromatic heterocycles. The molecule has 144 valence electrons. The molecular formula is C20H18FN3O4. The van der Waals surface area contributed by atoms with Crippen LogP contribution in [0.15, 0.2) is 48.5 Å². The van der Waals surface area contributed by atoms with Crippen LogP contribution in [-0.4, -0.2) is 48.2 Å². The van der Waals surface area contributed by atoms with Crippen LogP contribution >= 0.6 is 0 Å². The van der Waals surface area contributed by atoms with Gasteiger partial charge in [-0.1, -0.05) is 18.2 Å². The van der Waals surface area contributed by atoms with Crippen molar-refractivity contribution in [2.24, 2.45) is 0 Å². The summed E-state index contributed by atoms with van der Waals surface area (Å²) in [4.78, 5) is 49.2. The van der Waals surface area contributed by atoms with E-state index in [4.69, 9.17) is 0 Å². The molecule has 0 aliphatic carbocycles. The summed E-state index contributed by atoms with van der Waals surface area (Å²) in [5.74, 6) is -2.11. The molecule has 2 N–H and O–H groups in total. The van der Waals surface area contributed by atoms with Gasteiger partial charge in [-0.3, -0.25) is 24.1 Å². The van der Waals surface area contributed by atoms with Crippen molar-refractivity contribution in [2.75, 3.05) is 19.6 Å². The van der Waals surface area contributed by atoms with Crippen LogP contribution < -0.4 is 10.6 Å². The van der Waals surface area contributed by atoms with E-state index in [-0.39, 0.29) is 37.5 Å². The fourth-order valence-electron chi connectivity index (χ4n) is 2.85. The first-order valence-corrected chi connectivity index (χ1v) is 8.73. The van der Waals surface area contributed by atoms with Gasteiger partial charge in [0.15, 0.2) is 0 Å². The SMILES string of the molecule is O=C(CCN1C(=O)c2ccccc2C1=O)NCCNC(=O)c1cccc(F)c1. The highest BCUT2D eigenvalue weighted by Crippen LogP contribution is 2.22. The Morgan fingerprint density at radius 1 is 0.893 bits per heavy atom. The predicted molar refractivity (Wildman–Crippen MR) is 98.2 cm³/mol. The average molecular weight is 383 g/mol. The number of carbonyl (C=O) groups is 4. The molecule has 0 bridgehead atoms. The van der Waals surface area contributed by atoms with E-state index >= 15 is 0 Å². The maximum Gasteiger partial charge on any atom is 0.261 e. The normalized spacial score (nSPS) is 12.7. The van der Waals surface area contributed by atoms with Gasteiger partial charge < -0.3 is 10.6 Å². The summed E-state index contributed by atoms with van der Waals surface area (Å²) in [6.07, 6.45) is -0.0384. The lowest BCUT2D eigenvalue weighted by Crippen LogP contribution is -2.37. The minimum absolute atomic E-state index is 0.0200. The molecule has 0 saturated carbocycles. The third-order valence-electron chi connectivity index (χ3n) is 4.26. The summed E-state index contributed by atoms with van der Waals surface area (Å²) in [5, 5.41) is 5.16. The van der Waals surface area contributed by atoms with Crippen molar-refractivity contribution in [3.05, 3.63) is 71.0 Å². The second-order valence-corrected chi connectivity index (χ2v) is 6.17. The predicted octanol–water partition coefficient (Wildman–Crippen LogP) is 1.36. The first kappa shape index (κ1) is 19.2. The highest BCUT2D eigenvalue weighted by molar-refractivity contribution is 6.21. The number of hydrogen-bond acceptors (Lipinski definition) is 4. The fraction of sp³-hybridized carbons (Fsp3) is 0.200. The largest absolute Gasteiger partial charge is 0.354 e. The summed E-state index contributed by atoms with van der Waals surface area (Å²) in [6.45, 7) is 0.309. The van der Waals surface area contributed by atoms with Crippen LogP contribution in [-0.2, 0) is 4.79 Å². The lowest BCUT2D eigenvalue weighted by atomic mass is 10.1. The topological polar surface area (TPSA) is 95.6 Å². The zero-order valence-electron chi connectivity index (χ0n) is 14.9. The minimum Gasteiger partial charge on any atom is -0.354 e. The van der Waals surface area contributed by atoms with Crippen molar-refractivity contribution in [3.63, 3.8) is 0 Å². The Balaban J connectivity index is 1.39. The van der Waals surface area contributed by atoms with Crippen LogP contribution in [0, 0.1) is 5.82 Å². The maximum atomic E-state index is 13.1. The number of rotatable bonds is 7. The second-order valence-electron chi connectivity index (χ2n) is 6.17. The standard InChI is InChI=1S/C20H18FN3O4/c21-14-5-3-4-13(12-14)18(26)23-10-9-22-17(25)8-11-24-19(27)15-6-1-2-7-16(15)20(24)28/h1-7,12H,8-11H2,(H,22,25)(H,23,26). The van der Waals surface area contributed by atoms with Gasteiger partial charge in [0.05, 0.1) is 11.1 Å². The summed E-state index contributed by atoms with van der Waals surface area (Å²) in [6, 6.07) is 11.8. The number of nitrogens with zero attached hydrogens (tertiary/aromatic N) is 1. The minimum atomic E-state index is -0.505. The monoisotopic (exact) mass is 383 g/mol. The zero-order valence-corrected chi connectivity index (χ0v) is 14.9. The molecule has 3 rings (SSSR count). The van der Waals surface area contributed by atoms with E-state index < -0.39 is 23.5 Å². The van der Waals surface area contributed by atoms with Gasteiger partial charge in [-0.05, 0) is 30.3 Å². The number of nitrogens with one attached hydrogen (secondary N) is 2. The molecule has 0 spiro atoms. The van der Waals surface area contributed by atoms with Crippen LogP contribution in [0.25, 0.3) is 0 Å². The van der Waals surface area contributed by atoms with Crippen LogP contribution in [0.5, 0.6) is 0 Å².